The highest BCUT2D eigenvalue weighted by molar-refractivity contribution is 5.91. The normalized spacial score (nSPS) is 11.5. The standard InChI is InChI=1S/C19H19F3N6O3/c1-10(2)30-13-5-6-14(23-9-13)17-26-27-18(31-17)28(4)15-7-12(19(20,21)22)8-24-16(15)25-11(3)29/h5-10H,1-4H3,(H,24,25,29). The van der Waals surface area contributed by atoms with Crippen molar-refractivity contribution in [3.8, 4) is 17.3 Å². The second-order valence-corrected chi connectivity index (χ2v) is 6.77. The number of rotatable bonds is 6. The second kappa shape index (κ2) is 8.58. The Morgan fingerprint density at radius 1 is 1.19 bits per heavy atom. The number of ether oxygens (including phenoxy) is 1. The topological polar surface area (TPSA) is 106 Å². The van der Waals surface area contributed by atoms with Gasteiger partial charge in [0.1, 0.15) is 11.4 Å². The molecule has 0 aliphatic carbocycles. The molecule has 3 rings (SSSR count). The molecule has 9 nitrogen and oxygen atoms in total. The van der Waals surface area contributed by atoms with Crippen LogP contribution < -0.4 is 15.0 Å². The highest BCUT2D eigenvalue weighted by atomic mass is 19.4. The van der Waals surface area contributed by atoms with Crippen molar-refractivity contribution in [2.75, 3.05) is 17.3 Å². The van der Waals surface area contributed by atoms with Crippen molar-refractivity contribution in [3.05, 3.63) is 36.2 Å². The van der Waals surface area contributed by atoms with E-state index in [0.717, 1.165) is 6.07 Å². The summed E-state index contributed by atoms with van der Waals surface area (Å²) in [5.41, 5.74) is -0.716. The number of carbonyl (C=O) groups is 1. The molecular formula is C19H19F3N6O3. The Morgan fingerprint density at radius 2 is 1.94 bits per heavy atom. The lowest BCUT2D eigenvalue weighted by atomic mass is 10.2. The van der Waals surface area contributed by atoms with Gasteiger partial charge in [-0.2, -0.15) is 13.2 Å². The van der Waals surface area contributed by atoms with Crippen LogP contribution in [0.4, 0.5) is 30.7 Å². The molecule has 0 atom stereocenters. The van der Waals surface area contributed by atoms with Crippen LogP contribution in [0.3, 0.4) is 0 Å². The van der Waals surface area contributed by atoms with Crippen LogP contribution >= 0.6 is 0 Å². The number of anilines is 3. The van der Waals surface area contributed by atoms with E-state index in [-0.39, 0.29) is 29.5 Å². The average molecular weight is 436 g/mol. The Hall–Kier alpha value is -3.70. The van der Waals surface area contributed by atoms with Gasteiger partial charge in [0.05, 0.1) is 23.6 Å². The van der Waals surface area contributed by atoms with E-state index in [4.69, 9.17) is 9.15 Å². The van der Waals surface area contributed by atoms with Crippen LogP contribution in [0.2, 0.25) is 0 Å². The van der Waals surface area contributed by atoms with Crippen molar-refractivity contribution >= 4 is 23.4 Å². The van der Waals surface area contributed by atoms with Crippen molar-refractivity contribution in [1.29, 1.82) is 0 Å². The molecule has 31 heavy (non-hydrogen) atoms. The van der Waals surface area contributed by atoms with Gasteiger partial charge in [0.25, 0.3) is 5.89 Å². The molecule has 0 unspecified atom stereocenters. The number of alkyl halides is 3. The summed E-state index contributed by atoms with van der Waals surface area (Å²) < 4.78 is 50.5. The molecule has 1 amide bonds. The summed E-state index contributed by atoms with van der Waals surface area (Å²) in [5, 5.41) is 10.1. The minimum atomic E-state index is -4.62. The van der Waals surface area contributed by atoms with E-state index in [0.29, 0.717) is 17.6 Å². The molecule has 1 N–H and O–H groups in total. The molecule has 0 aliphatic heterocycles. The van der Waals surface area contributed by atoms with Gasteiger partial charge < -0.3 is 14.5 Å². The fraction of sp³-hybridized carbons (Fsp3) is 0.316. The zero-order chi connectivity index (χ0) is 22.8. The molecule has 0 saturated heterocycles. The number of nitrogens with one attached hydrogen (secondary N) is 1. The Bertz CT molecular complexity index is 1070. The molecule has 12 heteroatoms. The van der Waals surface area contributed by atoms with E-state index < -0.39 is 17.6 Å². The van der Waals surface area contributed by atoms with E-state index >= 15 is 0 Å². The smallest absolute Gasteiger partial charge is 0.417 e. The van der Waals surface area contributed by atoms with Crippen molar-refractivity contribution in [1.82, 2.24) is 20.2 Å². The summed E-state index contributed by atoms with van der Waals surface area (Å²) >= 11 is 0. The van der Waals surface area contributed by atoms with Gasteiger partial charge in [-0.3, -0.25) is 9.69 Å². The molecule has 0 saturated carbocycles. The fourth-order valence-corrected chi connectivity index (χ4v) is 2.53. The summed E-state index contributed by atoms with van der Waals surface area (Å²) in [4.78, 5) is 20.5. The number of halogens is 3. The molecule has 0 aliphatic rings. The number of nitrogens with zero attached hydrogens (tertiary/aromatic N) is 5. The van der Waals surface area contributed by atoms with Crippen LogP contribution in [0.25, 0.3) is 11.6 Å². The van der Waals surface area contributed by atoms with Crippen LogP contribution in [-0.2, 0) is 11.0 Å². The zero-order valence-electron chi connectivity index (χ0n) is 17.1. The number of pyridine rings is 2. The van der Waals surface area contributed by atoms with E-state index in [1.54, 1.807) is 12.1 Å². The van der Waals surface area contributed by atoms with Crippen LogP contribution in [0.1, 0.15) is 26.3 Å². The van der Waals surface area contributed by atoms with E-state index in [1.807, 2.05) is 13.8 Å². The monoisotopic (exact) mass is 436 g/mol. The Balaban J connectivity index is 1.92. The third kappa shape index (κ3) is 5.27. The van der Waals surface area contributed by atoms with Crippen molar-refractivity contribution < 1.29 is 27.1 Å². The molecular weight excluding hydrogens is 417 g/mol. The summed E-state index contributed by atoms with van der Waals surface area (Å²) in [7, 11) is 1.41. The van der Waals surface area contributed by atoms with E-state index in [2.05, 4.69) is 25.5 Å². The number of hydrogen-bond donors (Lipinski definition) is 1. The zero-order valence-corrected chi connectivity index (χ0v) is 17.1. The number of amides is 1. The molecule has 0 aromatic carbocycles. The lowest BCUT2D eigenvalue weighted by Crippen LogP contribution is -2.18. The highest BCUT2D eigenvalue weighted by Gasteiger charge is 2.33. The first-order valence-electron chi connectivity index (χ1n) is 9.09. The SMILES string of the molecule is CC(=O)Nc1ncc(C(F)(F)F)cc1N(C)c1nnc(-c2ccc(OC(C)C)cn2)o1. The summed E-state index contributed by atoms with van der Waals surface area (Å²) in [6.07, 6.45) is -2.52. The molecule has 0 radical (unpaired) electrons. The van der Waals surface area contributed by atoms with E-state index in [1.165, 1.54) is 25.1 Å². The van der Waals surface area contributed by atoms with Gasteiger partial charge in [-0.1, -0.05) is 5.10 Å². The largest absolute Gasteiger partial charge is 0.489 e. The first-order valence-corrected chi connectivity index (χ1v) is 9.09. The predicted molar refractivity (Wildman–Crippen MR) is 105 cm³/mol. The number of carbonyl (C=O) groups excluding carboxylic acids is 1. The van der Waals surface area contributed by atoms with Crippen LogP contribution in [0.15, 0.2) is 35.0 Å². The molecule has 3 aromatic rings. The Kier molecular flexibility index (Phi) is 6.09. The molecule has 0 bridgehead atoms. The van der Waals surface area contributed by atoms with Gasteiger partial charge in [0, 0.05) is 20.2 Å². The first kappa shape index (κ1) is 22.0. The third-order valence-electron chi connectivity index (χ3n) is 3.88. The first-order chi connectivity index (χ1) is 14.5. The van der Waals surface area contributed by atoms with Gasteiger partial charge in [0.15, 0.2) is 5.82 Å². The maximum Gasteiger partial charge on any atom is 0.417 e. The van der Waals surface area contributed by atoms with Crippen LogP contribution in [-0.4, -0.2) is 39.2 Å². The minimum Gasteiger partial charge on any atom is -0.489 e. The van der Waals surface area contributed by atoms with Gasteiger partial charge >= 0.3 is 12.2 Å². The quantitative estimate of drug-likeness (QED) is 0.617. The van der Waals surface area contributed by atoms with Crippen molar-refractivity contribution in [2.45, 2.75) is 33.1 Å². The maximum absolute atomic E-state index is 13.1. The number of aromatic nitrogens is 4. The Labute approximate surface area is 175 Å². The second-order valence-electron chi connectivity index (χ2n) is 6.77. The van der Waals surface area contributed by atoms with Crippen molar-refractivity contribution in [3.63, 3.8) is 0 Å². The Morgan fingerprint density at radius 3 is 2.52 bits per heavy atom. The summed E-state index contributed by atoms with van der Waals surface area (Å²) in [6.45, 7) is 4.98. The van der Waals surface area contributed by atoms with Gasteiger partial charge in [-0.25, -0.2) is 9.97 Å². The fourth-order valence-electron chi connectivity index (χ4n) is 2.53. The molecule has 0 fully saturated rings. The van der Waals surface area contributed by atoms with Crippen LogP contribution in [0, 0.1) is 0 Å². The predicted octanol–water partition coefficient (Wildman–Crippen LogP) is 4.06. The van der Waals surface area contributed by atoms with Crippen LogP contribution in [0.5, 0.6) is 5.75 Å². The lowest BCUT2D eigenvalue weighted by molar-refractivity contribution is -0.137. The summed E-state index contributed by atoms with van der Waals surface area (Å²) in [6, 6.07) is 4.01. The lowest BCUT2D eigenvalue weighted by Gasteiger charge is -2.19. The number of hydrogen-bond acceptors (Lipinski definition) is 8. The van der Waals surface area contributed by atoms with Gasteiger partial charge in [-0.15, -0.1) is 5.10 Å². The average Bonchev–Trinajstić information content (AvgIpc) is 3.17. The molecule has 164 valence electrons. The van der Waals surface area contributed by atoms with Gasteiger partial charge in [-0.05, 0) is 32.0 Å². The maximum atomic E-state index is 13.1. The van der Waals surface area contributed by atoms with Gasteiger partial charge in [0.2, 0.25) is 5.91 Å². The molecule has 0 spiro atoms. The van der Waals surface area contributed by atoms with Crippen molar-refractivity contribution in [2.24, 2.45) is 0 Å². The molecule has 3 aromatic heterocycles. The van der Waals surface area contributed by atoms with E-state index in [9.17, 15) is 18.0 Å². The highest BCUT2D eigenvalue weighted by Crippen LogP contribution is 2.36. The third-order valence-corrected chi connectivity index (χ3v) is 3.88. The summed E-state index contributed by atoms with van der Waals surface area (Å²) in [5.74, 6) is 0.0293. The minimum absolute atomic E-state index is 0.0183. The molecule has 3 heterocycles.